The third-order valence-electron chi connectivity index (χ3n) is 3.64. The number of nitrogens with zero attached hydrogens (tertiary/aromatic N) is 1. The lowest BCUT2D eigenvalue weighted by Crippen LogP contribution is -1.97. The van der Waals surface area contributed by atoms with E-state index in [1.165, 1.54) is 11.1 Å². The van der Waals surface area contributed by atoms with Gasteiger partial charge in [-0.1, -0.05) is 40.2 Å². The fraction of sp³-hybridized carbons (Fsp3) is 0.250. The zero-order valence-corrected chi connectivity index (χ0v) is 12.9. The Bertz CT molecular complexity index is 670. The lowest BCUT2D eigenvalue weighted by molar-refractivity contribution is -0.384. The molecule has 0 saturated heterocycles. The Hall–Kier alpha value is -1.88. The molecule has 0 fully saturated rings. The molecule has 0 aromatic heterocycles. The molecule has 1 unspecified atom stereocenters. The predicted molar refractivity (Wildman–Crippen MR) is 84.1 cm³/mol. The van der Waals surface area contributed by atoms with E-state index in [4.69, 9.17) is 4.74 Å². The molecular weight excluding hydrogens is 334 g/mol. The number of halogens is 1. The van der Waals surface area contributed by atoms with Crippen LogP contribution >= 0.6 is 15.9 Å². The SMILES string of the molecule is O=[N+]([O-])c1ccc(CC(Br)c2ccc3c(c2)CCO3)cc1. The van der Waals surface area contributed by atoms with Crippen molar-refractivity contribution in [3.8, 4) is 5.75 Å². The Kier molecular flexibility index (Phi) is 3.92. The van der Waals surface area contributed by atoms with Crippen LogP contribution < -0.4 is 4.74 Å². The van der Waals surface area contributed by atoms with Gasteiger partial charge in [0.2, 0.25) is 0 Å². The van der Waals surface area contributed by atoms with Crippen molar-refractivity contribution >= 4 is 21.6 Å². The van der Waals surface area contributed by atoms with Crippen LogP contribution in [0.25, 0.3) is 0 Å². The highest BCUT2D eigenvalue weighted by atomic mass is 79.9. The van der Waals surface area contributed by atoms with Crippen molar-refractivity contribution in [1.29, 1.82) is 0 Å². The molecule has 5 heteroatoms. The molecular formula is C16H14BrNO3. The van der Waals surface area contributed by atoms with Crippen molar-refractivity contribution < 1.29 is 9.66 Å². The first kappa shape index (κ1) is 14.1. The lowest BCUT2D eigenvalue weighted by atomic mass is 10.0. The summed E-state index contributed by atoms with van der Waals surface area (Å²) in [5.41, 5.74) is 3.65. The number of rotatable bonds is 4. The van der Waals surface area contributed by atoms with Crippen LogP contribution in [0.2, 0.25) is 0 Å². The van der Waals surface area contributed by atoms with Gasteiger partial charge >= 0.3 is 0 Å². The maximum Gasteiger partial charge on any atom is 0.269 e. The molecule has 4 nitrogen and oxygen atoms in total. The van der Waals surface area contributed by atoms with E-state index >= 15 is 0 Å². The fourth-order valence-corrected chi connectivity index (χ4v) is 3.14. The molecule has 0 saturated carbocycles. The summed E-state index contributed by atoms with van der Waals surface area (Å²) >= 11 is 3.70. The van der Waals surface area contributed by atoms with Crippen LogP contribution in [0.1, 0.15) is 21.5 Å². The summed E-state index contributed by atoms with van der Waals surface area (Å²) in [5, 5.41) is 10.6. The van der Waals surface area contributed by atoms with E-state index in [2.05, 4.69) is 28.1 Å². The van der Waals surface area contributed by atoms with Crippen molar-refractivity contribution in [2.75, 3.05) is 6.61 Å². The normalized spacial score (nSPS) is 14.3. The number of hydrogen-bond donors (Lipinski definition) is 0. The van der Waals surface area contributed by atoms with E-state index in [1.807, 2.05) is 18.2 Å². The number of alkyl halides is 1. The van der Waals surface area contributed by atoms with Gasteiger partial charge in [0.15, 0.2) is 0 Å². The first-order valence-corrected chi connectivity index (χ1v) is 7.68. The van der Waals surface area contributed by atoms with Crippen LogP contribution in [0.5, 0.6) is 5.75 Å². The Morgan fingerprint density at radius 2 is 2.00 bits per heavy atom. The molecule has 2 aromatic carbocycles. The summed E-state index contributed by atoms with van der Waals surface area (Å²) in [5.74, 6) is 0.980. The minimum absolute atomic E-state index is 0.125. The quantitative estimate of drug-likeness (QED) is 0.473. The van der Waals surface area contributed by atoms with Gasteiger partial charge in [-0.05, 0) is 29.2 Å². The fourth-order valence-electron chi connectivity index (χ4n) is 2.48. The predicted octanol–water partition coefficient (Wildman–Crippen LogP) is 4.21. The molecule has 0 radical (unpaired) electrons. The molecule has 108 valence electrons. The second-order valence-corrected chi connectivity index (χ2v) is 6.17. The van der Waals surface area contributed by atoms with Crippen molar-refractivity contribution in [2.45, 2.75) is 17.7 Å². The third kappa shape index (κ3) is 3.08. The number of non-ortho nitro benzene ring substituents is 1. The van der Waals surface area contributed by atoms with E-state index in [0.717, 1.165) is 30.8 Å². The van der Waals surface area contributed by atoms with Gasteiger partial charge < -0.3 is 4.74 Å². The first-order chi connectivity index (χ1) is 10.1. The van der Waals surface area contributed by atoms with Crippen molar-refractivity contribution in [3.05, 3.63) is 69.3 Å². The summed E-state index contributed by atoms with van der Waals surface area (Å²) < 4.78 is 5.51. The molecule has 1 aliphatic heterocycles. The van der Waals surface area contributed by atoms with Crippen LogP contribution in [-0.2, 0) is 12.8 Å². The third-order valence-corrected chi connectivity index (χ3v) is 4.49. The molecule has 0 N–H and O–H groups in total. The van der Waals surface area contributed by atoms with Crippen molar-refractivity contribution in [3.63, 3.8) is 0 Å². The maximum atomic E-state index is 10.6. The summed E-state index contributed by atoms with van der Waals surface area (Å²) in [6.07, 6.45) is 1.75. The average Bonchev–Trinajstić information content (AvgIpc) is 2.95. The highest BCUT2D eigenvalue weighted by Crippen LogP contribution is 2.33. The molecule has 3 rings (SSSR count). The second kappa shape index (κ2) is 5.85. The molecule has 21 heavy (non-hydrogen) atoms. The van der Waals surface area contributed by atoms with E-state index < -0.39 is 0 Å². The number of fused-ring (bicyclic) bond motifs is 1. The van der Waals surface area contributed by atoms with E-state index in [0.29, 0.717) is 0 Å². The summed E-state index contributed by atoms with van der Waals surface area (Å²) in [7, 11) is 0. The smallest absolute Gasteiger partial charge is 0.269 e. The van der Waals surface area contributed by atoms with Gasteiger partial charge in [-0.2, -0.15) is 0 Å². The lowest BCUT2D eigenvalue weighted by Gasteiger charge is -2.11. The standard InChI is InChI=1S/C16H14BrNO3/c17-15(9-11-1-4-14(5-2-11)18(19)20)12-3-6-16-13(10-12)7-8-21-16/h1-6,10,15H,7-9H2. The van der Waals surface area contributed by atoms with Gasteiger partial charge in [-0.15, -0.1) is 0 Å². The number of nitro benzene ring substituents is 1. The van der Waals surface area contributed by atoms with Crippen LogP contribution in [0.15, 0.2) is 42.5 Å². The summed E-state index contributed by atoms with van der Waals surface area (Å²) in [4.78, 5) is 10.5. The number of nitro groups is 1. The monoisotopic (exact) mass is 347 g/mol. The van der Waals surface area contributed by atoms with Gasteiger partial charge in [-0.25, -0.2) is 0 Å². The Balaban J connectivity index is 1.73. The van der Waals surface area contributed by atoms with Gasteiger partial charge in [-0.3, -0.25) is 10.1 Å². The molecule has 0 amide bonds. The Morgan fingerprint density at radius 1 is 1.24 bits per heavy atom. The van der Waals surface area contributed by atoms with Gasteiger partial charge in [0.1, 0.15) is 5.75 Å². The molecule has 0 aliphatic carbocycles. The van der Waals surface area contributed by atoms with Gasteiger partial charge in [0, 0.05) is 23.4 Å². The summed E-state index contributed by atoms with van der Waals surface area (Å²) in [6.45, 7) is 0.758. The molecule has 1 heterocycles. The zero-order valence-electron chi connectivity index (χ0n) is 11.3. The van der Waals surface area contributed by atoms with Gasteiger partial charge in [0.25, 0.3) is 5.69 Å². The van der Waals surface area contributed by atoms with Crippen LogP contribution in [0.3, 0.4) is 0 Å². The highest BCUT2D eigenvalue weighted by Gasteiger charge is 2.16. The van der Waals surface area contributed by atoms with E-state index in [-0.39, 0.29) is 15.4 Å². The molecule has 1 atom stereocenters. The Morgan fingerprint density at radius 3 is 2.71 bits per heavy atom. The van der Waals surface area contributed by atoms with Crippen molar-refractivity contribution in [1.82, 2.24) is 0 Å². The zero-order chi connectivity index (χ0) is 14.8. The largest absolute Gasteiger partial charge is 0.493 e. The summed E-state index contributed by atoms with van der Waals surface area (Å²) in [6, 6.07) is 13.0. The minimum atomic E-state index is -0.379. The van der Waals surface area contributed by atoms with E-state index in [9.17, 15) is 10.1 Å². The number of benzene rings is 2. The van der Waals surface area contributed by atoms with Crippen LogP contribution in [-0.4, -0.2) is 11.5 Å². The van der Waals surface area contributed by atoms with Crippen molar-refractivity contribution in [2.24, 2.45) is 0 Å². The topological polar surface area (TPSA) is 52.4 Å². The highest BCUT2D eigenvalue weighted by molar-refractivity contribution is 9.09. The van der Waals surface area contributed by atoms with E-state index in [1.54, 1.807) is 12.1 Å². The number of hydrogen-bond acceptors (Lipinski definition) is 3. The molecule has 2 aromatic rings. The maximum absolute atomic E-state index is 10.6. The average molecular weight is 348 g/mol. The molecule has 0 spiro atoms. The number of ether oxygens (including phenoxy) is 1. The van der Waals surface area contributed by atoms with Crippen LogP contribution in [0.4, 0.5) is 5.69 Å². The van der Waals surface area contributed by atoms with Gasteiger partial charge in [0.05, 0.1) is 11.5 Å². The minimum Gasteiger partial charge on any atom is -0.493 e. The second-order valence-electron chi connectivity index (χ2n) is 5.06. The first-order valence-electron chi connectivity index (χ1n) is 6.76. The van der Waals surface area contributed by atoms with Crippen LogP contribution in [0, 0.1) is 10.1 Å². The molecule has 1 aliphatic rings. The molecule has 0 bridgehead atoms. The Labute approximate surface area is 131 Å².